The van der Waals surface area contributed by atoms with Crippen molar-refractivity contribution in [3.05, 3.63) is 35.9 Å². The molecule has 1 aromatic rings. The largest absolute Gasteiger partial charge is 0.389 e. The molecule has 0 spiro atoms. The van der Waals surface area contributed by atoms with Gasteiger partial charge >= 0.3 is 0 Å². The summed E-state index contributed by atoms with van der Waals surface area (Å²) in [4.78, 5) is 23.5. The molecule has 1 saturated carbocycles. The molecule has 5 heteroatoms. The van der Waals surface area contributed by atoms with Gasteiger partial charge in [-0.1, -0.05) is 37.5 Å². The van der Waals surface area contributed by atoms with E-state index < -0.39 is 5.60 Å². The van der Waals surface area contributed by atoms with Crippen molar-refractivity contribution in [3.63, 3.8) is 0 Å². The van der Waals surface area contributed by atoms with E-state index in [1.54, 1.807) is 24.3 Å². The predicted octanol–water partition coefficient (Wildman–Crippen LogP) is 1.53. The van der Waals surface area contributed by atoms with Crippen molar-refractivity contribution in [1.82, 2.24) is 10.9 Å². The number of benzene rings is 1. The fourth-order valence-electron chi connectivity index (χ4n) is 2.52. The molecule has 0 saturated heterocycles. The second-order valence-corrected chi connectivity index (χ2v) is 5.33. The molecule has 0 atom stereocenters. The highest BCUT2D eigenvalue weighted by Crippen LogP contribution is 2.30. The van der Waals surface area contributed by atoms with Gasteiger partial charge in [0.2, 0.25) is 5.91 Å². The van der Waals surface area contributed by atoms with Crippen LogP contribution in [0.1, 0.15) is 48.9 Å². The first-order valence-corrected chi connectivity index (χ1v) is 6.96. The Morgan fingerprint density at radius 2 is 1.70 bits per heavy atom. The zero-order valence-corrected chi connectivity index (χ0v) is 11.4. The van der Waals surface area contributed by atoms with Gasteiger partial charge in [-0.15, -0.1) is 0 Å². The van der Waals surface area contributed by atoms with E-state index in [9.17, 15) is 14.7 Å². The molecular weight excluding hydrogens is 256 g/mol. The van der Waals surface area contributed by atoms with E-state index in [0.717, 1.165) is 19.3 Å². The number of hydrogen-bond acceptors (Lipinski definition) is 3. The van der Waals surface area contributed by atoms with E-state index in [1.807, 2.05) is 6.07 Å². The van der Waals surface area contributed by atoms with Crippen LogP contribution in [0, 0.1) is 0 Å². The van der Waals surface area contributed by atoms with Crippen molar-refractivity contribution in [2.75, 3.05) is 0 Å². The summed E-state index contributed by atoms with van der Waals surface area (Å²) in [5.41, 5.74) is 4.27. The summed E-state index contributed by atoms with van der Waals surface area (Å²) in [7, 11) is 0. The maximum Gasteiger partial charge on any atom is 0.269 e. The third kappa shape index (κ3) is 4.06. The van der Waals surface area contributed by atoms with E-state index in [0.29, 0.717) is 18.4 Å². The number of carbonyl (C=O) groups excluding carboxylic acids is 2. The number of aliphatic hydroxyl groups is 1. The lowest BCUT2D eigenvalue weighted by molar-refractivity contribution is -0.128. The number of hydrogen-bond donors (Lipinski definition) is 3. The van der Waals surface area contributed by atoms with Crippen molar-refractivity contribution < 1.29 is 14.7 Å². The van der Waals surface area contributed by atoms with E-state index in [4.69, 9.17) is 0 Å². The maximum atomic E-state index is 11.8. The number of amides is 2. The van der Waals surface area contributed by atoms with Crippen LogP contribution in [0.2, 0.25) is 0 Å². The Hall–Kier alpha value is -1.88. The molecule has 0 heterocycles. The van der Waals surface area contributed by atoms with Crippen LogP contribution in [0.4, 0.5) is 0 Å². The molecule has 0 bridgehead atoms. The van der Waals surface area contributed by atoms with Crippen LogP contribution >= 0.6 is 0 Å². The minimum Gasteiger partial charge on any atom is -0.389 e. The molecule has 5 nitrogen and oxygen atoms in total. The van der Waals surface area contributed by atoms with Crippen LogP contribution in [0.25, 0.3) is 0 Å². The van der Waals surface area contributed by atoms with Crippen LogP contribution in [-0.4, -0.2) is 22.5 Å². The molecular formula is C15H20N2O3. The Labute approximate surface area is 118 Å². The van der Waals surface area contributed by atoms with Gasteiger partial charge in [-0.2, -0.15) is 0 Å². The summed E-state index contributed by atoms with van der Waals surface area (Å²) < 4.78 is 0. The van der Waals surface area contributed by atoms with Crippen molar-refractivity contribution in [2.45, 2.75) is 44.1 Å². The topological polar surface area (TPSA) is 78.4 Å². The molecule has 1 fully saturated rings. The SMILES string of the molecule is O=C(CC1(O)CCCCC1)NNC(=O)c1ccccc1. The number of rotatable bonds is 3. The minimum atomic E-state index is -0.917. The smallest absolute Gasteiger partial charge is 0.269 e. The molecule has 20 heavy (non-hydrogen) atoms. The van der Waals surface area contributed by atoms with Crippen molar-refractivity contribution in [3.8, 4) is 0 Å². The van der Waals surface area contributed by atoms with Gasteiger partial charge in [-0.3, -0.25) is 20.4 Å². The monoisotopic (exact) mass is 276 g/mol. The van der Waals surface area contributed by atoms with Gasteiger partial charge in [0.05, 0.1) is 12.0 Å². The van der Waals surface area contributed by atoms with Gasteiger partial charge in [0.15, 0.2) is 0 Å². The second kappa shape index (κ2) is 6.52. The molecule has 2 rings (SSSR count). The lowest BCUT2D eigenvalue weighted by Crippen LogP contribution is -2.45. The third-order valence-corrected chi connectivity index (χ3v) is 3.63. The average molecular weight is 276 g/mol. The zero-order valence-electron chi connectivity index (χ0n) is 11.4. The first-order valence-electron chi connectivity index (χ1n) is 6.96. The van der Waals surface area contributed by atoms with E-state index >= 15 is 0 Å². The molecule has 1 aliphatic rings. The Morgan fingerprint density at radius 1 is 1.05 bits per heavy atom. The maximum absolute atomic E-state index is 11.8. The molecule has 108 valence electrons. The van der Waals surface area contributed by atoms with Crippen LogP contribution in [-0.2, 0) is 4.79 Å². The standard InChI is InChI=1S/C15H20N2O3/c18-13(11-15(20)9-5-2-6-10-15)16-17-14(19)12-7-3-1-4-8-12/h1,3-4,7-8,20H,2,5-6,9-11H2,(H,16,18)(H,17,19). The molecule has 1 aromatic carbocycles. The van der Waals surface area contributed by atoms with Crippen LogP contribution in [0.3, 0.4) is 0 Å². The molecule has 0 unspecified atom stereocenters. The van der Waals surface area contributed by atoms with Crippen LogP contribution in [0.5, 0.6) is 0 Å². The first-order chi connectivity index (χ1) is 9.59. The molecule has 1 aliphatic carbocycles. The van der Waals surface area contributed by atoms with Gasteiger partial charge in [0.25, 0.3) is 5.91 Å². The Kier molecular flexibility index (Phi) is 4.74. The van der Waals surface area contributed by atoms with Gasteiger partial charge in [0, 0.05) is 5.56 Å². The Balaban J connectivity index is 1.79. The van der Waals surface area contributed by atoms with Crippen molar-refractivity contribution in [1.29, 1.82) is 0 Å². The van der Waals surface area contributed by atoms with E-state index in [-0.39, 0.29) is 18.2 Å². The molecule has 3 N–H and O–H groups in total. The normalized spacial score (nSPS) is 17.2. The predicted molar refractivity (Wildman–Crippen MR) is 74.7 cm³/mol. The number of nitrogens with one attached hydrogen (secondary N) is 2. The summed E-state index contributed by atoms with van der Waals surface area (Å²) in [5, 5.41) is 10.3. The Bertz CT molecular complexity index is 467. The molecule has 0 aromatic heterocycles. The highest BCUT2D eigenvalue weighted by atomic mass is 16.3. The Morgan fingerprint density at radius 3 is 2.35 bits per heavy atom. The summed E-state index contributed by atoms with van der Waals surface area (Å²) in [5.74, 6) is -0.728. The zero-order chi connectivity index (χ0) is 14.4. The van der Waals surface area contributed by atoms with Crippen molar-refractivity contribution in [2.24, 2.45) is 0 Å². The summed E-state index contributed by atoms with van der Waals surface area (Å²) in [6.07, 6.45) is 4.32. The quantitative estimate of drug-likeness (QED) is 0.733. The molecule has 2 amide bonds. The van der Waals surface area contributed by atoms with Gasteiger partial charge in [0.1, 0.15) is 0 Å². The van der Waals surface area contributed by atoms with Crippen molar-refractivity contribution >= 4 is 11.8 Å². The van der Waals surface area contributed by atoms with Gasteiger partial charge in [-0.25, -0.2) is 0 Å². The lowest BCUT2D eigenvalue weighted by Gasteiger charge is -2.31. The van der Waals surface area contributed by atoms with Gasteiger partial charge < -0.3 is 5.11 Å². The average Bonchev–Trinajstić information content (AvgIpc) is 2.46. The second-order valence-electron chi connectivity index (χ2n) is 5.33. The molecule has 0 aliphatic heterocycles. The van der Waals surface area contributed by atoms with E-state index in [2.05, 4.69) is 10.9 Å². The summed E-state index contributed by atoms with van der Waals surface area (Å²) in [6.45, 7) is 0. The molecule has 0 radical (unpaired) electrons. The van der Waals surface area contributed by atoms with Crippen LogP contribution < -0.4 is 10.9 Å². The van der Waals surface area contributed by atoms with Gasteiger partial charge in [-0.05, 0) is 25.0 Å². The summed E-state index contributed by atoms with van der Waals surface area (Å²) >= 11 is 0. The summed E-state index contributed by atoms with van der Waals surface area (Å²) in [6, 6.07) is 8.64. The number of carbonyl (C=O) groups is 2. The third-order valence-electron chi connectivity index (χ3n) is 3.63. The van der Waals surface area contributed by atoms with Crippen LogP contribution in [0.15, 0.2) is 30.3 Å². The fraction of sp³-hybridized carbons (Fsp3) is 0.467. The highest BCUT2D eigenvalue weighted by molar-refractivity contribution is 5.95. The number of hydrazine groups is 1. The fourth-order valence-corrected chi connectivity index (χ4v) is 2.52. The highest BCUT2D eigenvalue weighted by Gasteiger charge is 2.31. The minimum absolute atomic E-state index is 0.0298. The first kappa shape index (κ1) is 14.5. The van der Waals surface area contributed by atoms with E-state index in [1.165, 1.54) is 0 Å². The lowest BCUT2D eigenvalue weighted by atomic mass is 9.82.